The van der Waals surface area contributed by atoms with Crippen LogP contribution >= 0.6 is 0 Å². The van der Waals surface area contributed by atoms with Crippen molar-refractivity contribution in [3.05, 3.63) is 23.5 Å². The van der Waals surface area contributed by atoms with E-state index in [2.05, 4.69) is 5.32 Å². The first-order valence-electron chi connectivity index (χ1n) is 5.84. The number of rotatable bonds is 5. The molecular weight excluding hydrogens is 248 g/mol. The smallest absolute Gasteiger partial charge is 0.305 e. The molecule has 0 atom stereocenters. The fourth-order valence-corrected chi connectivity index (χ4v) is 1.78. The summed E-state index contributed by atoms with van der Waals surface area (Å²) in [6.07, 6.45) is 1.39. The lowest BCUT2D eigenvalue weighted by molar-refractivity contribution is -0.138. The summed E-state index contributed by atoms with van der Waals surface area (Å²) in [7, 11) is 1.66. The molecular formula is C13H18N2O4. The molecule has 6 nitrogen and oxygen atoms in total. The maximum Gasteiger partial charge on any atom is 0.305 e. The quantitative estimate of drug-likeness (QED) is 0.784. The second-order valence-corrected chi connectivity index (χ2v) is 5.19. The number of nitrogens with zero attached hydrogens (tertiary/aromatic N) is 1. The van der Waals surface area contributed by atoms with E-state index in [9.17, 15) is 14.4 Å². The van der Waals surface area contributed by atoms with E-state index in [1.165, 1.54) is 13.0 Å². The van der Waals surface area contributed by atoms with Crippen LogP contribution in [0.5, 0.6) is 0 Å². The number of hydrogen-bond acceptors (Lipinski definition) is 3. The summed E-state index contributed by atoms with van der Waals surface area (Å²) >= 11 is 0. The Hall–Kier alpha value is -2.11. The van der Waals surface area contributed by atoms with Crippen LogP contribution in [0.15, 0.2) is 12.3 Å². The summed E-state index contributed by atoms with van der Waals surface area (Å²) in [6.45, 7) is 4.69. The summed E-state index contributed by atoms with van der Waals surface area (Å²) in [6, 6.07) is 1.49. The van der Waals surface area contributed by atoms with Gasteiger partial charge in [0.15, 0.2) is 5.78 Å². The fraction of sp³-hybridized carbons (Fsp3) is 0.462. The number of amides is 1. The first-order chi connectivity index (χ1) is 8.62. The Morgan fingerprint density at radius 2 is 1.95 bits per heavy atom. The van der Waals surface area contributed by atoms with Crippen LogP contribution in [0.1, 0.15) is 48.0 Å². The van der Waals surface area contributed by atoms with Crippen LogP contribution in [0.4, 0.5) is 0 Å². The Kier molecular flexibility index (Phi) is 4.14. The topological polar surface area (TPSA) is 88.4 Å². The van der Waals surface area contributed by atoms with E-state index in [4.69, 9.17) is 5.11 Å². The van der Waals surface area contributed by atoms with Crippen LogP contribution in [0, 0.1) is 0 Å². The first kappa shape index (κ1) is 14.9. The maximum absolute atomic E-state index is 12.1. The van der Waals surface area contributed by atoms with Crippen molar-refractivity contribution >= 4 is 17.7 Å². The standard InChI is InChI=1S/C13H18N2O4/c1-8(16)9-5-10(15(4)7-9)12(19)14-13(2,3)6-11(17)18/h5,7H,6H2,1-4H3,(H,14,19)(H,17,18). The maximum atomic E-state index is 12.1. The lowest BCUT2D eigenvalue weighted by atomic mass is 10.0. The van der Waals surface area contributed by atoms with Gasteiger partial charge in [-0.05, 0) is 26.8 Å². The molecule has 2 N–H and O–H groups in total. The van der Waals surface area contributed by atoms with E-state index in [0.717, 1.165) is 0 Å². The number of carbonyl (C=O) groups is 3. The molecule has 0 bridgehead atoms. The van der Waals surface area contributed by atoms with Gasteiger partial charge in [-0.25, -0.2) is 0 Å². The number of carboxylic acids is 1. The second kappa shape index (κ2) is 5.26. The van der Waals surface area contributed by atoms with Gasteiger partial charge in [0.2, 0.25) is 0 Å². The predicted octanol–water partition coefficient (Wildman–Crippen LogP) is 1.21. The summed E-state index contributed by atoms with van der Waals surface area (Å²) in [4.78, 5) is 34.0. The van der Waals surface area contributed by atoms with Crippen molar-refractivity contribution in [2.24, 2.45) is 7.05 Å². The average molecular weight is 266 g/mol. The number of aryl methyl sites for hydroxylation is 1. The zero-order valence-corrected chi connectivity index (χ0v) is 11.5. The minimum absolute atomic E-state index is 0.126. The van der Waals surface area contributed by atoms with Gasteiger partial charge >= 0.3 is 5.97 Å². The molecule has 0 saturated heterocycles. The largest absolute Gasteiger partial charge is 0.481 e. The van der Waals surface area contributed by atoms with Gasteiger partial charge in [-0.1, -0.05) is 0 Å². The third kappa shape index (κ3) is 3.94. The number of carbonyl (C=O) groups excluding carboxylic acids is 2. The Labute approximate surface area is 111 Å². The zero-order valence-electron chi connectivity index (χ0n) is 11.5. The molecule has 19 heavy (non-hydrogen) atoms. The Morgan fingerprint density at radius 3 is 2.37 bits per heavy atom. The lowest BCUT2D eigenvalue weighted by Crippen LogP contribution is -2.45. The first-order valence-corrected chi connectivity index (χ1v) is 5.84. The van der Waals surface area contributed by atoms with Gasteiger partial charge in [-0.15, -0.1) is 0 Å². The third-order valence-electron chi connectivity index (χ3n) is 2.69. The van der Waals surface area contributed by atoms with Crippen molar-refractivity contribution < 1.29 is 19.5 Å². The van der Waals surface area contributed by atoms with Gasteiger partial charge in [0.05, 0.1) is 6.42 Å². The molecule has 0 aliphatic rings. The number of hydrogen-bond donors (Lipinski definition) is 2. The van der Waals surface area contributed by atoms with Crippen LogP contribution in [0.3, 0.4) is 0 Å². The summed E-state index contributed by atoms with van der Waals surface area (Å²) in [5, 5.41) is 11.4. The highest BCUT2D eigenvalue weighted by atomic mass is 16.4. The van der Waals surface area contributed by atoms with Gasteiger partial charge in [-0.2, -0.15) is 0 Å². The molecule has 0 fully saturated rings. The monoisotopic (exact) mass is 266 g/mol. The number of aromatic nitrogens is 1. The molecule has 0 aliphatic heterocycles. The number of carboxylic acid groups (broad SMARTS) is 1. The number of ketones is 1. The average Bonchev–Trinajstić information content (AvgIpc) is 2.57. The molecule has 1 amide bonds. The van der Waals surface area contributed by atoms with Gasteiger partial charge in [-0.3, -0.25) is 14.4 Å². The molecule has 1 aromatic heterocycles. The van der Waals surface area contributed by atoms with Crippen molar-refractivity contribution in [1.82, 2.24) is 9.88 Å². The van der Waals surface area contributed by atoms with Gasteiger partial charge in [0.25, 0.3) is 5.91 Å². The minimum Gasteiger partial charge on any atom is -0.481 e. The van der Waals surface area contributed by atoms with Crippen LogP contribution in [-0.4, -0.2) is 32.9 Å². The van der Waals surface area contributed by atoms with Crippen molar-refractivity contribution in [3.8, 4) is 0 Å². The van der Waals surface area contributed by atoms with Crippen LogP contribution < -0.4 is 5.32 Å². The summed E-state index contributed by atoms with van der Waals surface area (Å²) < 4.78 is 1.54. The number of aliphatic carboxylic acids is 1. The van der Waals surface area contributed by atoms with E-state index < -0.39 is 17.4 Å². The highest BCUT2D eigenvalue weighted by Crippen LogP contribution is 2.12. The number of Topliss-reactive ketones (excluding diaryl/α,β-unsaturated/α-hetero) is 1. The van der Waals surface area contributed by atoms with Crippen LogP contribution in [-0.2, 0) is 11.8 Å². The minimum atomic E-state index is -0.985. The van der Waals surface area contributed by atoms with Crippen molar-refractivity contribution in [2.75, 3.05) is 0 Å². The van der Waals surface area contributed by atoms with Gasteiger partial charge in [0, 0.05) is 24.3 Å². The normalized spacial score (nSPS) is 11.2. The van der Waals surface area contributed by atoms with Gasteiger partial charge in [0.1, 0.15) is 5.69 Å². The van der Waals surface area contributed by atoms with Crippen LogP contribution in [0.25, 0.3) is 0 Å². The second-order valence-electron chi connectivity index (χ2n) is 5.19. The van der Waals surface area contributed by atoms with E-state index in [1.54, 1.807) is 31.7 Å². The van der Waals surface area contributed by atoms with Gasteiger partial charge < -0.3 is 15.0 Å². The fourth-order valence-electron chi connectivity index (χ4n) is 1.78. The predicted molar refractivity (Wildman–Crippen MR) is 69.2 cm³/mol. The zero-order chi connectivity index (χ0) is 14.8. The van der Waals surface area contributed by atoms with Crippen LogP contribution in [0.2, 0.25) is 0 Å². The molecule has 1 rings (SSSR count). The van der Waals surface area contributed by atoms with E-state index in [1.807, 2.05) is 0 Å². The van der Waals surface area contributed by atoms with E-state index in [0.29, 0.717) is 11.3 Å². The van der Waals surface area contributed by atoms with Crippen molar-refractivity contribution in [2.45, 2.75) is 32.7 Å². The highest BCUT2D eigenvalue weighted by Gasteiger charge is 2.25. The lowest BCUT2D eigenvalue weighted by Gasteiger charge is -2.24. The molecule has 6 heteroatoms. The molecule has 1 heterocycles. The highest BCUT2D eigenvalue weighted by molar-refractivity contribution is 5.99. The van der Waals surface area contributed by atoms with Crippen molar-refractivity contribution in [1.29, 1.82) is 0 Å². The Bertz CT molecular complexity index is 529. The Morgan fingerprint density at radius 1 is 1.37 bits per heavy atom. The van der Waals surface area contributed by atoms with E-state index in [-0.39, 0.29) is 12.2 Å². The SMILES string of the molecule is CC(=O)c1cc(C(=O)NC(C)(C)CC(=O)O)n(C)c1. The summed E-state index contributed by atoms with van der Waals surface area (Å²) in [5.74, 6) is -1.51. The molecule has 0 unspecified atom stereocenters. The molecule has 0 radical (unpaired) electrons. The van der Waals surface area contributed by atoms with E-state index >= 15 is 0 Å². The molecule has 0 aromatic carbocycles. The number of nitrogens with one attached hydrogen (secondary N) is 1. The molecule has 1 aromatic rings. The van der Waals surface area contributed by atoms with Crippen molar-refractivity contribution in [3.63, 3.8) is 0 Å². The summed E-state index contributed by atoms with van der Waals surface area (Å²) in [5.41, 5.74) is -0.0869. The third-order valence-corrected chi connectivity index (χ3v) is 2.69. The molecule has 104 valence electrons. The molecule has 0 saturated carbocycles. The molecule has 0 spiro atoms. The Balaban J connectivity index is 2.89. The molecule has 0 aliphatic carbocycles.